The quantitative estimate of drug-likeness (QED) is 0.511. The summed E-state index contributed by atoms with van der Waals surface area (Å²) in [5, 5.41) is 8.28. The summed E-state index contributed by atoms with van der Waals surface area (Å²) in [6, 6.07) is 2.85. The summed E-state index contributed by atoms with van der Waals surface area (Å²) in [4.78, 5) is 23.5. The van der Waals surface area contributed by atoms with E-state index >= 15 is 0 Å². The monoisotopic (exact) mass is 469 g/mol. The van der Waals surface area contributed by atoms with Gasteiger partial charge in [-0.3, -0.25) is 4.79 Å². The zero-order valence-corrected chi connectivity index (χ0v) is 20.1. The number of hydrogen-bond donors (Lipinski definition) is 2. The Kier molecular flexibility index (Phi) is 7.89. The van der Waals surface area contributed by atoms with Gasteiger partial charge in [0.15, 0.2) is 23.0 Å². The Morgan fingerprint density at radius 1 is 1.41 bits per heavy atom. The number of aryl methyl sites for hydroxylation is 1. The molecular formula is C24H32FN7O2. The Bertz CT molecular complexity index is 1190. The molecule has 9 nitrogen and oxygen atoms in total. The number of halogens is 1. The molecule has 1 aliphatic rings. The molecule has 0 aliphatic carbocycles. The zero-order chi connectivity index (χ0) is 25.0. The van der Waals surface area contributed by atoms with Crippen LogP contribution in [0.1, 0.15) is 38.9 Å². The lowest BCUT2D eigenvalue weighted by Gasteiger charge is -2.29. The van der Waals surface area contributed by atoms with Gasteiger partial charge in [0.1, 0.15) is 0 Å². The molecule has 3 atom stereocenters. The van der Waals surface area contributed by atoms with Crippen LogP contribution in [0.25, 0.3) is 16.6 Å². The number of aromatic nitrogens is 4. The van der Waals surface area contributed by atoms with E-state index in [1.807, 2.05) is 11.9 Å². The van der Waals surface area contributed by atoms with Crippen LogP contribution in [0.3, 0.4) is 0 Å². The number of fused-ring (bicyclic) bond motifs is 3. The third kappa shape index (κ3) is 4.89. The first-order chi connectivity index (χ1) is 16.3. The summed E-state index contributed by atoms with van der Waals surface area (Å²) in [5.41, 5.74) is 7.01. The highest BCUT2D eigenvalue weighted by Gasteiger charge is 2.32. The fourth-order valence-electron chi connectivity index (χ4n) is 4.29. The van der Waals surface area contributed by atoms with E-state index in [0.717, 1.165) is 25.8 Å². The van der Waals surface area contributed by atoms with E-state index in [1.54, 1.807) is 0 Å². The number of amides is 1. The van der Waals surface area contributed by atoms with Crippen molar-refractivity contribution in [3.8, 4) is 18.6 Å². The molecule has 1 saturated heterocycles. The Hall–Kier alpha value is -3.45. The van der Waals surface area contributed by atoms with Crippen LogP contribution in [0.4, 0.5) is 10.3 Å². The number of terminal acetylenes is 1. The summed E-state index contributed by atoms with van der Waals surface area (Å²) in [5.74, 6) is 0.898. The number of ether oxygens (including phenoxy) is 1. The minimum absolute atomic E-state index is 0.0923. The summed E-state index contributed by atoms with van der Waals surface area (Å²) >= 11 is 0. The van der Waals surface area contributed by atoms with E-state index in [-0.39, 0.29) is 29.7 Å². The van der Waals surface area contributed by atoms with E-state index in [2.05, 4.69) is 47.1 Å². The van der Waals surface area contributed by atoms with Crippen molar-refractivity contribution in [2.45, 2.75) is 51.6 Å². The van der Waals surface area contributed by atoms with Gasteiger partial charge in [-0.2, -0.15) is 4.52 Å². The Morgan fingerprint density at radius 2 is 2.15 bits per heavy atom. The van der Waals surface area contributed by atoms with Crippen LogP contribution in [0.2, 0.25) is 0 Å². The van der Waals surface area contributed by atoms with Gasteiger partial charge >= 0.3 is 0 Å². The molecule has 3 aromatic rings. The van der Waals surface area contributed by atoms with E-state index < -0.39 is 5.82 Å². The Morgan fingerprint density at radius 3 is 2.79 bits per heavy atom. The summed E-state index contributed by atoms with van der Waals surface area (Å²) in [6.07, 6.45) is 11.3. The van der Waals surface area contributed by atoms with E-state index in [1.165, 1.54) is 23.8 Å². The number of hydrogen-bond acceptors (Lipinski definition) is 7. The molecule has 0 spiro atoms. The van der Waals surface area contributed by atoms with Crippen molar-refractivity contribution in [2.75, 3.05) is 26.4 Å². The van der Waals surface area contributed by atoms with Crippen molar-refractivity contribution in [1.29, 1.82) is 0 Å². The van der Waals surface area contributed by atoms with E-state index in [4.69, 9.17) is 10.5 Å². The number of rotatable bonds is 7. The lowest BCUT2D eigenvalue weighted by molar-refractivity contribution is -0.134. The highest BCUT2D eigenvalue weighted by Crippen LogP contribution is 2.27. The smallest absolute Gasteiger partial charge is 0.239 e. The van der Waals surface area contributed by atoms with Gasteiger partial charge < -0.3 is 20.7 Å². The molecule has 2 aromatic heterocycles. The molecule has 1 amide bonds. The van der Waals surface area contributed by atoms with Gasteiger partial charge in [0.25, 0.3) is 0 Å². The highest BCUT2D eigenvalue weighted by atomic mass is 19.1. The van der Waals surface area contributed by atoms with Crippen molar-refractivity contribution >= 4 is 28.4 Å². The maximum absolute atomic E-state index is 14.2. The second-order valence-electron chi connectivity index (χ2n) is 8.63. The molecule has 2 unspecified atom stereocenters. The molecule has 34 heavy (non-hydrogen) atoms. The van der Waals surface area contributed by atoms with Gasteiger partial charge in [-0.1, -0.05) is 6.92 Å². The molecule has 3 N–H and O–H groups in total. The topological polar surface area (TPSA) is 111 Å². The number of carbonyl (C=O) groups is 1. The van der Waals surface area contributed by atoms with E-state index in [0.29, 0.717) is 34.7 Å². The third-order valence-corrected chi connectivity index (χ3v) is 6.44. The van der Waals surface area contributed by atoms with Gasteiger partial charge in [-0.05, 0) is 44.7 Å². The van der Waals surface area contributed by atoms with Crippen LogP contribution in [0.5, 0.6) is 5.75 Å². The molecule has 182 valence electrons. The maximum atomic E-state index is 14.2. The van der Waals surface area contributed by atoms with Crippen LogP contribution in [-0.4, -0.2) is 63.2 Å². The summed E-state index contributed by atoms with van der Waals surface area (Å²) in [6.45, 7) is 5.06. The largest absolute Gasteiger partial charge is 0.494 e. The number of nitrogens with one attached hydrogen (secondary N) is 1. The van der Waals surface area contributed by atoms with Crippen molar-refractivity contribution in [3.63, 3.8) is 0 Å². The average molecular weight is 470 g/mol. The second kappa shape index (κ2) is 10.7. The predicted molar refractivity (Wildman–Crippen MR) is 130 cm³/mol. The lowest BCUT2D eigenvalue weighted by Crippen LogP contribution is -2.47. The molecule has 3 heterocycles. The predicted octanol–water partition coefficient (Wildman–Crippen LogP) is 2.42. The number of carbonyl (C=O) groups excluding carboxylic acids is 1. The molecule has 0 radical (unpaired) electrons. The van der Waals surface area contributed by atoms with Gasteiger partial charge in [0, 0.05) is 31.0 Å². The van der Waals surface area contributed by atoms with Crippen LogP contribution in [-0.2, 0) is 11.2 Å². The fraction of sp³-hybridized carbons (Fsp3) is 0.500. The SMILES string of the molecule is C#C.COc1cc2nc(N)n3nc(CCC[C@H](C)N(C)C(=O)C4NCCC4C)nc3c2cc1F. The van der Waals surface area contributed by atoms with Crippen LogP contribution in [0, 0.1) is 24.6 Å². The maximum Gasteiger partial charge on any atom is 0.239 e. The van der Waals surface area contributed by atoms with E-state index in [9.17, 15) is 9.18 Å². The van der Waals surface area contributed by atoms with Crippen molar-refractivity contribution in [1.82, 2.24) is 29.8 Å². The first-order valence-electron chi connectivity index (χ1n) is 11.3. The van der Waals surface area contributed by atoms with Crippen molar-refractivity contribution < 1.29 is 13.9 Å². The van der Waals surface area contributed by atoms with Crippen molar-refractivity contribution in [3.05, 3.63) is 23.8 Å². The van der Waals surface area contributed by atoms with Crippen molar-refractivity contribution in [2.24, 2.45) is 5.92 Å². The molecule has 1 fully saturated rings. The van der Waals surface area contributed by atoms with Gasteiger partial charge in [-0.25, -0.2) is 14.4 Å². The van der Waals surface area contributed by atoms with Crippen LogP contribution < -0.4 is 15.8 Å². The average Bonchev–Trinajstić information content (AvgIpc) is 3.46. The molecule has 10 heteroatoms. The summed E-state index contributed by atoms with van der Waals surface area (Å²) < 4.78 is 20.7. The first kappa shape index (κ1) is 25.2. The van der Waals surface area contributed by atoms with Crippen LogP contribution >= 0.6 is 0 Å². The van der Waals surface area contributed by atoms with Crippen LogP contribution in [0.15, 0.2) is 12.1 Å². The Labute approximate surface area is 198 Å². The van der Waals surface area contributed by atoms with Gasteiger partial charge in [-0.15, -0.1) is 17.9 Å². The number of methoxy groups -OCH3 is 1. The number of anilines is 1. The first-order valence-corrected chi connectivity index (χ1v) is 11.3. The zero-order valence-electron chi connectivity index (χ0n) is 20.1. The molecule has 0 saturated carbocycles. The number of nitrogens with two attached hydrogens (primary N) is 1. The third-order valence-electron chi connectivity index (χ3n) is 6.44. The molecular weight excluding hydrogens is 437 g/mol. The normalized spacial score (nSPS) is 18.4. The number of nitrogen functional groups attached to an aromatic ring is 1. The standard InChI is InChI=1S/C22H30FN7O2.C2H2/c1-12-8-9-25-19(12)21(31)29(3)13(2)6-5-7-18-27-20-14-10-15(23)17(32-4)11-16(14)26-22(24)30(20)28-18;1-2/h10-13,19,25H,5-9H2,1-4H3,(H2,24,26);1-2H/t12?,13-,19?;/m0./s1. The Balaban J connectivity index is 0.00000158. The minimum Gasteiger partial charge on any atom is -0.494 e. The fourth-order valence-corrected chi connectivity index (χ4v) is 4.29. The molecule has 1 aromatic carbocycles. The minimum atomic E-state index is -0.495. The molecule has 1 aliphatic heterocycles. The number of nitrogens with zero attached hydrogens (tertiary/aromatic N) is 5. The lowest BCUT2D eigenvalue weighted by atomic mass is 10.0. The molecule has 0 bridgehead atoms. The number of benzene rings is 1. The molecule has 4 rings (SSSR count). The second-order valence-corrected chi connectivity index (χ2v) is 8.63. The number of likely N-dealkylation sites (N-methyl/N-ethyl adjacent to an activating group) is 1. The summed E-state index contributed by atoms with van der Waals surface area (Å²) in [7, 11) is 3.27. The van der Waals surface area contributed by atoms with Gasteiger partial charge in [0.2, 0.25) is 11.9 Å². The highest BCUT2D eigenvalue weighted by molar-refractivity contribution is 5.93. The van der Waals surface area contributed by atoms with Gasteiger partial charge in [0.05, 0.1) is 18.7 Å².